The topological polar surface area (TPSA) is 150 Å². The first-order chi connectivity index (χ1) is 22.7. The van der Waals surface area contributed by atoms with Crippen LogP contribution < -0.4 is 0 Å². The van der Waals surface area contributed by atoms with Crippen molar-refractivity contribution in [3.05, 3.63) is 23.3 Å². The molecule has 0 spiro atoms. The monoisotopic (exact) mass is 700 g/mol. The predicted octanol–water partition coefficient (Wildman–Crippen LogP) is 2.45. The number of fused-ring (bicyclic) bond motifs is 2. The van der Waals surface area contributed by atoms with E-state index in [4.69, 9.17) is 0 Å². The molecule has 0 aromatic carbocycles. The highest BCUT2D eigenvalue weighted by atomic mass is 19.4. The summed E-state index contributed by atoms with van der Waals surface area (Å²) < 4.78 is 91.2. The molecule has 2 aliphatic carbocycles. The number of amides is 8. The van der Waals surface area contributed by atoms with Gasteiger partial charge in [-0.2, -0.15) is 26.3 Å². The van der Waals surface area contributed by atoms with Crippen LogP contribution in [0, 0.1) is 40.9 Å². The Morgan fingerprint density at radius 3 is 1.14 bits per heavy atom. The van der Waals surface area contributed by atoms with Gasteiger partial charge in [-0.1, -0.05) is 0 Å². The molecule has 2 saturated heterocycles. The standard InChI is InChI=1S/C31H30F6N4O8/c1-13-7-21(42)38(23(13)44)11-40-25(46)17-5-3-15(9-19(17)27(40)48)29(30(32,33)34,31(35,36)37)16-4-6-18-20(10-16)28(49)41(26(18)47)12-39-22(43)8-14(2)24(39)45/h7-8,15-20H,3-6,9-12H2,1-2H3. The average molecular weight is 701 g/mol. The summed E-state index contributed by atoms with van der Waals surface area (Å²) in [6.45, 7) is 0.986. The molecule has 6 unspecified atom stereocenters. The number of imide groups is 4. The fraction of sp³-hybridized carbons (Fsp3) is 0.613. The Kier molecular flexibility index (Phi) is 7.97. The molecule has 6 rings (SSSR count). The van der Waals surface area contributed by atoms with Gasteiger partial charge in [-0.3, -0.25) is 58.0 Å². The normalized spacial score (nSPS) is 31.3. The second-order valence-corrected chi connectivity index (χ2v) is 13.6. The number of likely N-dealkylation sites (tertiary alicyclic amines) is 2. The summed E-state index contributed by atoms with van der Waals surface area (Å²) in [4.78, 5) is 104. The van der Waals surface area contributed by atoms with Crippen molar-refractivity contribution in [2.24, 2.45) is 40.9 Å². The van der Waals surface area contributed by atoms with E-state index >= 15 is 26.3 Å². The van der Waals surface area contributed by atoms with Crippen LogP contribution in [0.5, 0.6) is 0 Å². The first-order valence-corrected chi connectivity index (χ1v) is 15.6. The van der Waals surface area contributed by atoms with E-state index in [0.29, 0.717) is 19.6 Å². The van der Waals surface area contributed by atoms with E-state index in [-0.39, 0.29) is 11.1 Å². The van der Waals surface area contributed by atoms with Gasteiger partial charge in [-0.15, -0.1) is 0 Å². The van der Waals surface area contributed by atoms with Gasteiger partial charge in [-0.05, 0) is 64.2 Å². The summed E-state index contributed by atoms with van der Waals surface area (Å²) in [6.07, 6.45) is -14.4. The maximum atomic E-state index is 15.2. The molecule has 12 nitrogen and oxygen atoms in total. The van der Waals surface area contributed by atoms with Crippen LogP contribution in [0.4, 0.5) is 26.3 Å². The van der Waals surface area contributed by atoms with Crippen molar-refractivity contribution in [1.29, 1.82) is 0 Å². The zero-order valence-corrected chi connectivity index (χ0v) is 26.1. The molecule has 18 heteroatoms. The number of carbonyl (C=O) groups is 8. The minimum atomic E-state index is -5.94. The lowest BCUT2D eigenvalue weighted by Gasteiger charge is -2.52. The summed E-state index contributed by atoms with van der Waals surface area (Å²) in [5.41, 5.74) is -4.38. The van der Waals surface area contributed by atoms with Gasteiger partial charge in [0.05, 0.1) is 23.7 Å². The van der Waals surface area contributed by atoms with E-state index in [0.717, 1.165) is 12.2 Å². The Bertz CT molecular complexity index is 1550. The molecule has 0 bridgehead atoms. The summed E-state index contributed by atoms with van der Waals surface area (Å²) in [5, 5.41) is 0. The third-order valence-corrected chi connectivity index (χ3v) is 11.2. The maximum absolute atomic E-state index is 15.2. The number of carbonyl (C=O) groups excluding carboxylic acids is 8. The largest absolute Gasteiger partial charge is 0.403 e. The molecule has 264 valence electrons. The number of rotatable bonds is 6. The van der Waals surface area contributed by atoms with Crippen LogP contribution in [0.15, 0.2) is 23.3 Å². The third kappa shape index (κ3) is 4.94. The SMILES string of the molecule is CC1=CC(=O)N(CN2C(=O)C3CCC(C(C4CCC5C(=O)N(CN6C(=O)C=C(C)C6=O)C(=O)C5C4)(C(F)(F)F)C(F)(F)F)CC3C2=O)C1=O. The Balaban J connectivity index is 1.27. The Morgan fingerprint density at radius 2 is 0.857 bits per heavy atom. The number of halogens is 6. The first-order valence-electron chi connectivity index (χ1n) is 15.6. The second kappa shape index (κ2) is 11.3. The van der Waals surface area contributed by atoms with Crippen LogP contribution in [0.2, 0.25) is 0 Å². The van der Waals surface area contributed by atoms with Crippen molar-refractivity contribution < 1.29 is 64.7 Å². The molecule has 0 aromatic rings. The molecular formula is C31H30F6N4O8. The van der Waals surface area contributed by atoms with Crippen LogP contribution in [0.3, 0.4) is 0 Å². The summed E-state index contributed by atoms with van der Waals surface area (Å²) in [5.74, 6) is -17.4. The molecule has 4 aliphatic heterocycles. The van der Waals surface area contributed by atoms with E-state index < -0.39 is 152 Å². The van der Waals surface area contributed by atoms with Crippen LogP contribution >= 0.6 is 0 Å². The van der Waals surface area contributed by atoms with E-state index in [1.807, 2.05) is 0 Å². The Morgan fingerprint density at radius 1 is 0.531 bits per heavy atom. The third-order valence-electron chi connectivity index (χ3n) is 11.2. The molecule has 4 fully saturated rings. The first kappa shape index (κ1) is 34.5. The van der Waals surface area contributed by atoms with Crippen molar-refractivity contribution in [1.82, 2.24) is 19.6 Å². The highest BCUT2D eigenvalue weighted by Crippen LogP contribution is 2.67. The Labute approximate surface area is 274 Å². The highest BCUT2D eigenvalue weighted by molar-refractivity contribution is 6.17. The molecule has 49 heavy (non-hydrogen) atoms. The zero-order valence-electron chi connectivity index (χ0n) is 26.1. The van der Waals surface area contributed by atoms with Gasteiger partial charge in [0.15, 0.2) is 5.41 Å². The second-order valence-electron chi connectivity index (χ2n) is 13.6. The fourth-order valence-corrected chi connectivity index (χ4v) is 8.85. The summed E-state index contributed by atoms with van der Waals surface area (Å²) in [6, 6.07) is 0. The van der Waals surface area contributed by atoms with Crippen molar-refractivity contribution >= 4 is 47.3 Å². The molecule has 0 N–H and O–H groups in total. The van der Waals surface area contributed by atoms with Gasteiger partial charge in [0.2, 0.25) is 23.6 Å². The van der Waals surface area contributed by atoms with Crippen LogP contribution in [-0.2, 0) is 38.4 Å². The minimum Gasteiger partial charge on any atom is -0.274 e. The fourth-order valence-electron chi connectivity index (χ4n) is 8.85. The lowest BCUT2D eigenvalue weighted by Crippen LogP contribution is -2.61. The van der Waals surface area contributed by atoms with E-state index in [2.05, 4.69) is 0 Å². The zero-order chi connectivity index (χ0) is 36.1. The highest BCUT2D eigenvalue weighted by Gasteiger charge is 2.78. The van der Waals surface area contributed by atoms with Crippen LogP contribution in [0.25, 0.3) is 0 Å². The van der Waals surface area contributed by atoms with Crippen molar-refractivity contribution in [3.63, 3.8) is 0 Å². The van der Waals surface area contributed by atoms with Crippen LogP contribution in [-0.4, -0.2) is 92.5 Å². The lowest BCUT2D eigenvalue weighted by atomic mass is 9.54. The van der Waals surface area contributed by atoms with Gasteiger partial charge >= 0.3 is 12.4 Å². The van der Waals surface area contributed by atoms with Gasteiger partial charge in [-0.25, -0.2) is 0 Å². The van der Waals surface area contributed by atoms with Crippen molar-refractivity contribution in [3.8, 4) is 0 Å². The van der Waals surface area contributed by atoms with Crippen LogP contribution in [0.1, 0.15) is 52.4 Å². The van der Waals surface area contributed by atoms with E-state index in [1.54, 1.807) is 0 Å². The molecular weight excluding hydrogens is 670 g/mol. The minimum absolute atomic E-state index is 0.0205. The number of nitrogens with zero attached hydrogens (tertiary/aromatic N) is 4. The quantitative estimate of drug-likeness (QED) is 0.303. The van der Waals surface area contributed by atoms with Crippen molar-refractivity contribution in [2.45, 2.75) is 64.7 Å². The predicted molar refractivity (Wildman–Crippen MR) is 148 cm³/mol. The average Bonchev–Trinajstić information content (AvgIpc) is 3.59. The summed E-state index contributed by atoms with van der Waals surface area (Å²) >= 11 is 0. The molecule has 0 radical (unpaired) electrons. The lowest BCUT2D eigenvalue weighted by molar-refractivity contribution is -0.383. The number of hydrogen-bond donors (Lipinski definition) is 0. The molecule has 6 atom stereocenters. The molecule has 2 saturated carbocycles. The van der Waals surface area contributed by atoms with Gasteiger partial charge < -0.3 is 0 Å². The summed E-state index contributed by atoms with van der Waals surface area (Å²) in [7, 11) is 0. The Hall–Kier alpha value is -4.38. The van der Waals surface area contributed by atoms with E-state index in [1.165, 1.54) is 13.8 Å². The van der Waals surface area contributed by atoms with Crippen molar-refractivity contribution in [2.75, 3.05) is 13.3 Å². The molecule has 6 aliphatic rings. The van der Waals surface area contributed by atoms with E-state index in [9.17, 15) is 38.4 Å². The van der Waals surface area contributed by atoms with Gasteiger partial charge in [0.1, 0.15) is 13.3 Å². The van der Waals surface area contributed by atoms with Gasteiger partial charge in [0, 0.05) is 23.3 Å². The molecule has 4 heterocycles. The van der Waals surface area contributed by atoms with Gasteiger partial charge in [0.25, 0.3) is 23.6 Å². The molecule has 0 aromatic heterocycles. The smallest absolute Gasteiger partial charge is 0.274 e. The number of hydrogen-bond acceptors (Lipinski definition) is 8. The number of alkyl halides is 6. The maximum Gasteiger partial charge on any atom is 0.403 e. The molecule has 8 amide bonds.